The molecule has 0 radical (unpaired) electrons. The number of aryl methyl sites for hydroxylation is 2. The van der Waals surface area contributed by atoms with Crippen molar-refractivity contribution < 1.29 is 9.53 Å². The average Bonchev–Trinajstić information content (AvgIpc) is 3.09. The van der Waals surface area contributed by atoms with Crippen molar-refractivity contribution in [3.05, 3.63) is 95.3 Å². The molecule has 30 heavy (non-hydrogen) atoms. The zero-order chi connectivity index (χ0) is 20.9. The zero-order valence-corrected chi connectivity index (χ0v) is 17.3. The number of nitrogens with one attached hydrogen (secondary N) is 1. The Balaban J connectivity index is 1.49. The highest BCUT2D eigenvalue weighted by Gasteiger charge is 2.12. The molecule has 0 unspecified atom stereocenters. The number of carbonyl (C=O) groups is 1. The molecule has 0 aliphatic carbocycles. The Morgan fingerprint density at radius 1 is 0.967 bits per heavy atom. The number of ether oxygens (including phenoxy) is 1. The third kappa shape index (κ3) is 4.51. The Morgan fingerprint density at radius 2 is 1.67 bits per heavy atom. The van der Waals surface area contributed by atoms with E-state index in [-0.39, 0.29) is 5.91 Å². The lowest BCUT2D eigenvalue weighted by Gasteiger charge is -2.12. The van der Waals surface area contributed by atoms with E-state index in [2.05, 4.69) is 29.8 Å². The molecule has 152 valence electrons. The Hall–Kier alpha value is -3.60. The first kappa shape index (κ1) is 19.7. The second-order valence-electron chi connectivity index (χ2n) is 7.39. The van der Waals surface area contributed by atoms with Crippen molar-refractivity contribution in [1.29, 1.82) is 0 Å². The molecule has 5 nitrogen and oxygen atoms in total. The third-order valence-electron chi connectivity index (χ3n) is 4.96. The summed E-state index contributed by atoms with van der Waals surface area (Å²) in [5, 5.41) is 2.98. The fourth-order valence-electron chi connectivity index (χ4n) is 3.63. The fraction of sp³-hybridized carbons (Fsp3) is 0.200. The predicted molar refractivity (Wildman–Crippen MR) is 119 cm³/mol. The minimum atomic E-state index is -0.110. The Bertz CT molecular complexity index is 1150. The molecule has 1 aromatic heterocycles. The lowest BCUT2D eigenvalue weighted by Crippen LogP contribution is -2.25. The van der Waals surface area contributed by atoms with Crippen molar-refractivity contribution in [3.8, 4) is 5.75 Å². The van der Waals surface area contributed by atoms with Crippen LogP contribution in [0.2, 0.25) is 0 Å². The molecule has 0 saturated heterocycles. The van der Waals surface area contributed by atoms with Crippen LogP contribution < -0.4 is 10.1 Å². The van der Waals surface area contributed by atoms with Gasteiger partial charge in [0, 0.05) is 5.56 Å². The van der Waals surface area contributed by atoms with Gasteiger partial charge in [-0.05, 0) is 61.4 Å². The molecule has 1 N–H and O–H groups in total. The molecule has 4 rings (SSSR count). The van der Waals surface area contributed by atoms with E-state index in [1.807, 2.05) is 54.6 Å². The van der Waals surface area contributed by atoms with Gasteiger partial charge in [-0.1, -0.05) is 36.4 Å². The van der Waals surface area contributed by atoms with Gasteiger partial charge in [-0.3, -0.25) is 4.79 Å². The number of rotatable bonds is 7. The summed E-state index contributed by atoms with van der Waals surface area (Å²) >= 11 is 0. The summed E-state index contributed by atoms with van der Waals surface area (Å²) in [6.07, 6.45) is 0. The van der Waals surface area contributed by atoms with E-state index in [0.29, 0.717) is 25.3 Å². The van der Waals surface area contributed by atoms with Gasteiger partial charge in [-0.25, -0.2) is 4.98 Å². The van der Waals surface area contributed by atoms with Gasteiger partial charge in [-0.15, -0.1) is 0 Å². The topological polar surface area (TPSA) is 56.1 Å². The van der Waals surface area contributed by atoms with Crippen LogP contribution in [0.1, 0.15) is 27.3 Å². The van der Waals surface area contributed by atoms with E-state index in [9.17, 15) is 4.79 Å². The molecule has 0 spiro atoms. The summed E-state index contributed by atoms with van der Waals surface area (Å²) in [6, 6.07) is 23.4. The van der Waals surface area contributed by atoms with Crippen molar-refractivity contribution in [2.24, 2.45) is 0 Å². The number of amides is 1. The molecule has 4 aromatic rings. The summed E-state index contributed by atoms with van der Waals surface area (Å²) in [4.78, 5) is 17.2. The number of hydrogen-bond donors (Lipinski definition) is 1. The Morgan fingerprint density at radius 3 is 2.43 bits per heavy atom. The van der Waals surface area contributed by atoms with E-state index >= 15 is 0 Å². The smallest absolute Gasteiger partial charge is 0.251 e. The standard InChI is InChI=1S/C25H25N3O2/c1-18-14-19(2)16-21(15-18)30-13-12-28-23-11-7-6-10-22(23)27-24(28)17-26-25(29)20-8-4-3-5-9-20/h3-11,14-16H,12-13,17H2,1-2H3,(H,26,29). The quantitative estimate of drug-likeness (QED) is 0.492. The van der Waals surface area contributed by atoms with Crippen molar-refractivity contribution in [1.82, 2.24) is 14.9 Å². The van der Waals surface area contributed by atoms with E-state index < -0.39 is 0 Å². The van der Waals surface area contributed by atoms with Crippen molar-refractivity contribution >= 4 is 16.9 Å². The second kappa shape index (κ2) is 8.82. The first-order valence-corrected chi connectivity index (χ1v) is 10.1. The van der Waals surface area contributed by atoms with Gasteiger partial charge in [0.25, 0.3) is 5.91 Å². The first-order chi connectivity index (χ1) is 14.6. The summed E-state index contributed by atoms with van der Waals surface area (Å²) < 4.78 is 8.12. The number of carbonyl (C=O) groups excluding carboxylic acids is 1. The van der Waals surface area contributed by atoms with Gasteiger partial charge >= 0.3 is 0 Å². The predicted octanol–water partition coefficient (Wildman–Crippen LogP) is 4.66. The maximum Gasteiger partial charge on any atom is 0.251 e. The largest absolute Gasteiger partial charge is 0.492 e. The van der Waals surface area contributed by atoms with Gasteiger partial charge in [0.1, 0.15) is 18.2 Å². The lowest BCUT2D eigenvalue weighted by atomic mass is 10.1. The number of aromatic nitrogens is 2. The highest BCUT2D eigenvalue weighted by atomic mass is 16.5. The van der Waals surface area contributed by atoms with Crippen LogP contribution in [-0.2, 0) is 13.1 Å². The number of fused-ring (bicyclic) bond motifs is 1. The molecule has 0 aliphatic rings. The van der Waals surface area contributed by atoms with Crippen molar-refractivity contribution in [3.63, 3.8) is 0 Å². The molecule has 0 bridgehead atoms. The minimum Gasteiger partial charge on any atom is -0.492 e. The summed E-state index contributed by atoms with van der Waals surface area (Å²) in [5.41, 5.74) is 4.95. The van der Waals surface area contributed by atoms with E-state index in [0.717, 1.165) is 22.6 Å². The first-order valence-electron chi connectivity index (χ1n) is 10.1. The van der Waals surface area contributed by atoms with Crippen LogP contribution in [0.25, 0.3) is 11.0 Å². The highest BCUT2D eigenvalue weighted by molar-refractivity contribution is 5.94. The molecule has 0 saturated carbocycles. The van der Waals surface area contributed by atoms with Crippen LogP contribution in [-0.4, -0.2) is 22.1 Å². The van der Waals surface area contributed by atoms with Crippen LogP contribution in [0.4, 0.5) is 0 Å². The molecule has 3 aromatic carbocycles. The maximum atomic E-state index is 12.4. The van der Waals surface area contributed by atoms with Crippen molar-refractivity contribution in [2.75, 3.05) is 6.61 Å². The van der Waals surface area contributed by atoms with Crippen LogP contribution in [0, 0.1) is 13.8 Å². The Labute approximate surface area is 176 Å². The number of benzene rings is 3. The number of nitrogens with zero attached hydrogens (tertiary/aromatic N) is 2. The molecule has 5 heteroatoms. The SMILES string of the molecule is Cc1cc(C)cc(OCCn2c(CNC(=O)c3ccccc3)nc3ccccc32)c1. The van der Waals surface area contributed by atoms with Gasteiger partial charge in [0.05, 0.1) is 24.1 Å². The fourth-order valence-corrected chi connectivity index (χ4v) is 3.63. The van der Waals surface area contributed by atoms with Crippen molar-refractivity contribution in [2.45, 2.75) is 26.9 Å². The van der Waals surface area contributed by atoms with Crippen LogP contribution >= 0.6 is 0 Å². The van der Waals surface area contributed by atoms with Gasteiger partial charge in [0.15, 0.2) is 0 Å². The number of hydrogen-bond acceptors (Lipinski definition) is 3. The number of para-hydroxylation sites is 2. The Kier molecular flexibility index (Phi) is 5.80. The normalized spacial score (nSPS) is 10.9. The van der Waals surface area contributed by atoms with Crippen LogP contribution in [0.5, 0.6) is 5.75 Å². The molecular formula is C25H25N3O2. The molecule has 0 fully saturated rings. The van der Waals surface area contributed by atoms with Crippen LogP contribution in [0.3, 0.4) is 0 Å². The molecular weight excluding hydrogens is 374 g/mol. The van der Waals surface area contributed by atoms with Gasteiger partial charge in [-0.2, -0.15) is 0 Å². The summed E-state index contributed by atoms with van der Waals surface area (Å²) in [5.74, 6) is 1.57. The summed E-state index contributed by atoms with van der Waals surface area (Å²) in [6.45, 7) is 5.65. The monoisotopic (exact) mass is 399 g/mol. The molecule has 1 heterocycles. The molecule has 1 amide bonds. The van der Waals surface area contributed by atoms with Crippen LogP contribution in [0.15, 0.2) is 72.8 Å². The zero-order valence-electron chi connectivity index (χ0n) is 17.3. The van der Waals surface area contributed by atoms with Gasteiger partial charge < -0.3 is 14.6 Å². The number of imidazole rings is 1. The average molecular weight is 399 g/mol. The third-order valence-corrected chi connectivity index (χ3v) is 4.96. The van der Waals surface area contributed by atoms with E-state index in [1.54, 1.807) is 12.1 Å². The van der Waals surface area contributed by atoms with Gasteiger partial charge in [0.2, 0.25) is 0 Å². The maximum absolute atomic E-state index is 12.4. The molecule has 0 atom stereocenters. The van der Waals surface area contributed by atoms with E-state index in [1.165, 1.54) is 11.1 Å². The minimum absolute atomic E-state index is 0.110. The second-order valence-corrected chi connectivity index (χ2v) is 7.39. The lowest BCUT2D eigenvalue weighted by molar-refractivity contribution is 0.0949. The summed E-state index contributed by atoms with van der Waals surface area (Å²) in [7, 11) is 0. The molecule has 0 aliphatic heterocycles. The highest BCUT2D eigenvalue weighted by Crippen LogP contribution is 2.18. The van der Waals surface area contributed by atoms with E-state index in [4.69, 9.17) is 9.72 Å².